The average molecular weight is 598 g/mol. The van der Waals surface area contributed by atoms with Gasteiger partial charge in [0.05, 0.1) is 24.5 Å². The quantitative estimate of drug-likeness (QED) is 0.307. The lowest BCUT2D eigenvalue weighted by Crippen LogP contribution is -2.44. The zero-order valence-corrected chi connectivity index (χ0v) is 24.1. The van der Waals surface area contributed by atoms with Crippen LogP contribution in [-0.2, 0) is 9.53 Å². The fraction of sp³-hybridized carbons (Fsp3) is 0.483. The van der Waals surface area contributed by atoms with Crippen molar-refractivity contribution in [1.29, 1.82) is 0 Å². The van der Waals surface area contributed by atoms with E-state index in [4.69, 9.17) is 19.4 Å². The number of nitrogens with one attached hydrogen (secondary N) is 1. The van der Waals surface area contributed by atoms with E-state index < -0.39 is 18.1 Å². The summed E-state index contributed by atoms with van der Waals surface area (Å²) in [5, 5.41) is 19.8. The molecule has 0 saturated carbocycles. The summed E-state index contributed by atoms with van der Waals surface area (Å²) in [5.41, 5.74) is 1.79. The van der Waals surface area contributed by atoms with Gasteiger partial charge in [-0.25, -0.2) is 9.59 Å². The van der Waals surface area contributed by atoms with Crippen LogP contribution in [-0.4, -0.2) is 91.7 Å². The number of carbonyl (C=O) groups is 3. The van der Waals surface area contributed by atoms with Crippen molar-refractivity contribution >= 4 is 29.2 Å². The van der Waals surface area contributed by atoms with Crippen molar-refractivity contribution in [3.8, 4) is 5.75 Å². The highest BCUT2D eigenvalue weighted by molar-refractivity contribution is 6.05. The molecule has 0 aliphatic carbocycles. The Labute approximate surface area is 243 Å². The minimum absolute atomic E-state index is 0.190. The molecule has 13 heteroatoms. The van der Waals surface area contributed by atoms with Gasteiger partial charge in [0.1, 0.15) is 5.75 Å². The van der Waals surface area contributed by atoms with E-state index in [-0.39, 0.29) is 17.6 Å². The third-order valence-electron chi connectivity index (χ3n) is 6.61. The number of amides is 1. The van der Waals surface area contributed by atoms with Crippen LogP contribution in [0.3, 0.4) is 0 Å². The van der Waals surface area contributed by atoms with Gasteiger partial charge in [0.15, 0.2) is 0 Å². The number of carboxylic acids is 2. The van der Waals surface area contributed by atoms with Crippen molar-refractivity contribution in [3.63, 3.8) is 0 Å². The number of benzene rings is 2. The lowest BCUT2D eigenvalue weighted by molar-refractivity contribution is -0.192. The second kappa shape index (κ2) is 16.0. The predicted molar refractivity (Wildman–Crippen MR) is 152 cm³/mol. The van der Waals surface area contributed by atoms with Crippen molar-refractivity contribution in [2.75, 3.05) is 50.6 Å². The van der Waals surface area contributed by atoms with E-state index in [2.05, 4.69) is 22.2 Å². The van der Waals surface area contributed by atoms with Crippen LogP contribution in [0, 0.1) is 0 Å². The van der Waals surface area contributed by atoms with Crippen LogP contribution in [0.4, 0.5) is 24.5 Å². The Morgan fingerprint density at radius 3 is 2.17 bits per heavy atom. The van der Waals surface area contributed by atoms with E-state index >= 15 is 0 Å². The number of nitrogens with zero attached hydrogens (tertiary/aromatic N) is 2. The van der Waals surface area contributed by atoms with Gasteiger partial charge in [0.2, 0.25) is 0 Å². The first kappa shape index (κ1) is 34.4. The molecule has 3 N–H and O–H groups in total. The van der Waals surface area contributed by atoms with Crippen LogP contribution in [0.1, 0.15) is 53.8 Å². The molecule has 10 nitrogen and oxygen atoms in total. The molecular formula is C29H38F3N3O7. The fourth-order valence-electron chi connectivity index (χ4n) is 4.37. The van der Waals surface area contributed by atoms with Gasteiger partial charge in [-0.2, -0.15) is 13.2 Å². The second-order valence-electron chi connectivity index (χ2n) is 9.99. The summed E-state index contributed by atoms with van der Waals surface area (Å²) < 4.78 is 42.5. The molecule has 0 atom stereocenters. The van der Waals surface area contributed by atoms with Gasteiger partial charge in [0.25, 0.3) is 5.91 Å². The molecule has 0 unspecified atom stereocenters. The maximum absolute atomic E-state index is 12.6. The lowest BCUT2D eigenvalue weighted by atomic mass is 10.0. The largest absolute Gasteiger partial charge is 0.497 e. The maximum atomic E-state index is 12.6. The van der Waals surface area contributed by atoms with Crippen LogP contribution in [0.15, 0.2) is 42.5 Å². The average Bonchev–Trinajstić information content (AvgIpc) is 2.95. The van der Waals surface area contributed by atoms with E-state index in [0.29, 0.717) is 28.7 Å². The molecule has 3 rings (SSSR count). The Balaban J connectivity index is 0.000000782. The number of anilines is 2. The number of aliphatic carboxylic acids is 1. The summed E-state index contributed by atoms with van der Waals surface area (Å²) in [6.07, 6.45) is -1.89. The predicted octanol–water partition coefficient (Wildman–Crippen LogP) is 4.99. The molecule has 0 radical (unpaired) electrons. The number of hydrogen-bond acceptors (Lipinski definition) is 7. The number of piperidine rings is 1. The number of carboxylic acid groups (broad SMARTS) is 2. The van der Waals surface area contributed by atoms with Crippen molar-refractivity contribution in [1.82, 2.24) is 4.90 Å². The van der Waals surface area contributed by atoms with Gasteiger partial charge in [0, 0.05) is 43.5 Å². The van der Waals surface area contributed by atoms with Crippen LogP contribution in [0.2, 0.25) is 0 Å². The zero-order chi connectivity index (χ0) is 31.4. The molecule has 1 saturated heterocycles. The van der Waals surface area contributed by atoms with Gasteiger partial charge in [-0.3, -0.25) is 4.79 Å². The maximum Gasteiger partial charge on any atom is 0.490 e. The van der Waals surface area contributed by atoms with E-state index in [1.807, 2.05) is 13.8 Å². The van der Waals surface area contributed by atoms with Crippen molar-refractivity contribution in [3.05, 3.63) is 53.6 Å². The number of carbonyl (C=O) groups excluding carboxylic acids is 1. The highest BCUT2D eigenvalue weighted by Crippen LogP contribution is 2.29. The smallest absolute Gasteiger partial charge is 0.490 e. The molecule has 1 aliphatic heterocycles. The molecule has 0 spiro atoms. The monoisotopic (exact) mass is 597 g/mol. The molecule has 1 fully saturated rings. The summed E-state index contributed by atoms with van der Waals surface area (Å²) in [7, 11) is 3.72. The first-order valence-corrected chi connectivity index (χ1v) is 13.4. The van der Waals surface area contributed by atoms with Crippen molar-refractivity contribution in [2.45, 2.75) is 51.4 Å². The molecule has 1 amide bonds. The fourth-order valence-corrected chi connectivity index (χ4v) is 4.37. The van der Waals surface area contributed by atoms with Crippen LogP contribution in [0.25, 0.3) is 0 Å². The minimum atomic E-state index is -5.08. The minimum Gasteiger partial charge on any atom is -0.497 e. The molecule has 2 aromatic rings. The lowest BCUT2D eigenvalue weighted by Gasteiger charge is -2.38. The summed E-state index contributed by atoms with van der Waals surface area (Å²) in [6, 6.07) is 12.3. The molecule has 1 aliphatic rings. The van der Waals surface area contributed by atoms with Crippen molar-refractivity contribution < 1.29 is 47.2 Å². The summed E-state index contributed by atoms with van der Waals surface area (Å²) >= 11 is 0. The topological polar surface area (TPSA) is 129 Å². The number of ether oxygens (including phenoxy) is 2. The first-order chi connectivity index (χ1) is 19.7. The van der Waals surface area contributed by atoms with Crippen LogP contribution >= 0.6 is 0 Å². The zero-order valence-electron chi connectivity index (χ0n) is 24.1. The second-order valence-corrected chi connectivity index (χ2v) is 9.99. The van der Waals surface area contributed by atoms with Gasteiger partial charge in [-0.15, -0.1) is 0 Å². The Hall–Kier alpha value is -3.84. The Bertz CT molecular complexity index is 1180. The van der Waals surface area contributed by atoms with Gasteiger partial charge >= 0.3 is 18.1 Å². The Kier molecular flexibility index (Phi) is 13.1. The molecular weight excluding hydrogens is 559 g/mol. The van der Waals surface area contributed by atoms with E-state index in [9.17, 15) is 27.9 Å². The van der Waals surface area contributed by atoms with E-state index in [0.717, 1.165) is 45.5 Å². The van der Waals surface area contributed by atoms with E-state index in [1.165, 1.54) is 6.07 Å². The van der Waals surface area contributed by atoms with Gasteiger partial charge in [-0.05, 0) is 82.6 Å². The molecule has 2 aromatic carbocycles. The number of rotatable bonds is 11. The summed E-state index contributed by atoms with van der Waals surface area (Å²) in [5.74, 6) is -3.41. The summed E-state index contributed by atoms with van der Waals surface area (Å²) in [6.45, 7) is 7.42. The van der Waals surface area contributed by atoms with Crippen LogP contribution < -0.4 is 15.0 Å². The molecule has 0 bridgehead atoms. The molecule has 1 heterocycles. The molecule has 232 valence electrons. The van der Waals surface area contributed by atoms with Crippen LogP contribution in [0.5, 0.6) is 5.75 Å². The number of alkyl halides is 3. The SMILES string of the molecule is COc1ccc(C(=O)Nc2ccc(N3CCC(N(C)CCCOC(C)C)CC3)c(C(=O)O)c2)cc1.O=C(O)C(F)(F)F. The highest BCUT2D eigenvalue weighted by Gasteiger charge is 2.38. The normalized spacial score (nSPS) is 13.9. The number of methoxy groups -OCH3 is 1. The third-order valence-corrected chi connectivity index (χ3v) is 6.61. The standard InChI is InChI=1S/C27H37N3O5.C2HF3O2/c1-19(2)35-17-5-14-29(3)22-12-15-30(16-13-22)25-11-8-21(18-24(25)27(32)33)28-26(31)20-6-9-23(34-4)10-7-20;3-2(4,5)1(6)7/h6-11,18-19,22H,5,12-17H2,1-4H3,(H,28,31)(H,32,33);(H,6,7). The third kappa shape index (κ3) is 10.9. The number of hydrogen-bond donors (Lipinski definition) is 3. The number of aromatic carboxylic acids is 1. The molecule has 42 heavy (non-hydrogen) atoms. The highest BCUT2D eigenvalue weighted by atomic mass is 19.4. The Morgan fingerprint density at radius 2 is 1.67 bits per heavy atom. The van der Waals surface area contributed by atoms with Gasteiger partial charge in [-0.1, -0.05) is 0 Å². The first-order valence-electron chi connectivity index (χ1n) is 13.4. The Morgan fingerprint density at radius 1 is 1.07 bits per heavy atom. The molecule has 0 aromatic heterocycles. The van der Waals surface area contributed by atoms with E-state index in [1.54, 1.807) is 43.5 Å². The summed E-state index contributed by atoms with van der Waals surface area (Å²) in [4.78, 5) is 38.0. The van der Waals surface area contributed by atoms with Crippen molar-refractivity contribution in [2.24, 2.45) is 0 Å². The van der Waals surface area contributed by atoms with Gasteiger partial charge < -0.3 is 34.8 Å². The number of halogens is 3.